The summed E-state index contributed by atoms with van der Waals surface area (Å²) in [6.45, 7) is 2.29. The van der Waals surface area contributed by atoms with E-state index in [1.807, 2.05) is 0 Å². The van der Waals surface area contributed by atoms with Crippen molar-refractivity contribution in [2.45, 2.75) is 102 Å². The number of unbranched alkanes of at least 4 members (excludes halogenated alkanes) is 13. The Labute approximate surface area is 120 Å². The second kappa shape index (κ2) is 16.6. The second-order valence-electron chi connectivity index (χ2n) is 5.60. The molecule has 98 valence electrons. The van der Waals surface area contributed by atoms with E-state index in [1.165, 1.54) is 95.0 Å². The third-order valence-corrected chi connectivity index (χ3v) is 3.71. The predicted molar refractivity (Wildman–Crippen MR) is 80.9 cm³/mol. The van der Waals surface area contributed by atoms with Gasteiger partial charge in [0.1, 0.15) is 0 Å². The van der Waals surface area contributed by atoms with Crippen molar-refractivity contribution in [3.63, 3.8) is 0 Å². The standard InChI is InChI=1S/C16H33.Li/c1-3-5-7-9-11-13-15-16-14-12-10-8-6-4-2;/h1,3-16H2,2H3;. The fourth-order valence-electron chi connectivity index (χ4n) is 2.44. The van der Waals surface area contributed by atoms with Gasteiger partial charge in [-0.3, -0.25) is 0 Å². The van der Waals surface area contributed by atoms with E-state index in [0.29, 0.717) is 0 Å². The first kappa shape index (κ1) is 17.6. The Morgan fingerprint density at radius 3 is 1.06 bits per heavy atom. The third-order valence-electron chi connectivity index (χ3n) is 3.71. The molecule has 0 amide bonds. The van der Waals surface area contributed by atoms with Crippen molar-refractivity contribution in [3.8, 4) is 0 Å². The van der Waals surface area contributed by atoms with Crippen LogP contribution in [-0.2, 0) is 0 Å². The fraction of sp³-hybridized carbons (Fsp3) is 1.00. The molecule has 0 heterocycles. The molecule has 0 aromatic heterocycles. The summed E-state index contributed by atoms with van der Waals surface area (Å²) in [5.41, 5.74) is 0. The molecule has 0 saturated carbocycles. The van der Waals surface area contributed by atoms with Crippen LogP contribution in [0.1, 0.15) is 96.8 Å². The summed E-state index contributed by atoms with van der Waals surface area (Å²) in [7, 11) is 0. The van der Waals surface area contributed by atoms with E-state index in [2.05, 4.69) is 24.6 Å². The quantitative estimate of drug-likeness (QED) is 0.252. The molecule has 0 aliphatic heterocycles. The summed E-state index contributed by atoms with van der Waals surface area (Å²) in [6.07, 6.45) is 20.5. The number of hydrogen-bond acceptors (Lipinski definition) is 0. The van der Waals surface area contributed by atoms with E-state index in [1.54, 1.807) is 0 Å². The van der Waals surface area contributed by atoms with Crippen LogP contribution >= 0.6 is 0 Å². The van der Waals surface area contributed by atoms with E-state index < -0.39 is 0 Å². The van der Waals surface area contributed by atoms with Crippen LogP contribution in [0.2, 0.25) is 5.09 Å². The Bertz CT molecular complexity index is 109. The normalized spacial score (nSPS) is 11.0. The van der Waals surface area contributed by atoms with Gasteiger partial charge in [-0.05, 0) is 0 Å². The van der Waals surface area contributed by atoms with Gasteiger partial charge >= 0.3 is 93.4 Å². The number of hydrogen-bond donors (Lipinski definition) is 0. The Morgan fingerprint density at radius 1 is 0.471 bits per heavy atom. The summed E-state index contributed by atoms with van der Waals surface area (Å²) >= 11 is 2.29. The van der Waals surface area contributed by atoms with Gasteiger partial charge in [-0.1, -0.05) is 26.2 Å². The van der Waals surface area contributed by atoms with Crippen LogP contribution in [0.4, 0.5) is 0 Å². The molecule has 0 atom stereocenters. The molecule has 17 heavy (non-hydrogen) atoms. The molecule has 0 nitrogen and oxygen atoms in total. The SMILES string of the molecule is [Li][CH2]CCCCCCCCCCCCCCC. The number of rotatable bonds is 14. The van der Waals surface area contributed by atoms with Crippen LogP contribution in [0, 0.1) is 0 Å². The molecule has 0 saturated heterocycles. The molecule has 0 spiro atoms. The predicted octanol–water partition coefficient (Wildman–Crippen LogP) is 6.05. The van der Waals surface area contributed by atoms with E-state index in [4.69, 9.17) is 0 Å². The van der Waals surface area contributed by atoms with Crippen LogP contribution in [0.3, 0.4) is 0 Å². The minimum atomic E-state index is 1.37. The van der Waals surface area contributed by atoms with Crippen LogP contribution in [0.5, 0.6) is 0 Å². The Hall–Kier alpha value is 0.597. The molecule has 0 aromatic rings. The molecule has 1 heteroatoms. The van der Waals surface area contributed by atoms with Crippen LogP contribution in [0.25, 0.3) is 0 Å². The van der Waals surface area contributed by atoms with Crippen molar-refractivity contribution in [1.82, 2.24) is 0 Å². The van der Waals surface area contributed by atoms with Crippen molar-refractivity contribution in [1.29, 1.82) is 0 Å². The first-order valence-corrected chi connectivity index (χ1v) is 8.41. The summed E-state index contributed by atoms with van der Waals surface area (Å²) in [4.78, 5) is 0. The average molecular weight is 232 g/mol. The molecule has 0 aromatic carbocycles. The summed E-state index contributed by atoms with van der Waals surface area (Å²) in [6, 6.07) is 0. The van der Waals surface area contributed by atoms with Gasteiger partial charge in [0.25, 0.3) is 0 Å². The summed E-state index contributed by atoms with van der Waals surface area (Å²) < 4.78 is 0. The molecule has 0 aliphatic rings. The van der Waals surface area contributed by atoms with E-state index >= 15 is 0 Å². The molecule has 0 aliphatic carbocycles. The van der Waals surface area contributed by atoms with Gasteiger partial charge < -0.3 is 0 Å². The average Bonchev–Trinajstić information content (AvgIpc) is 2.35. The van der Waals surface area contributed by atoms with Gasteiger partial charge in [-0.2, -0.15) is 0 Å². The monoisotopic (exact) mass is 232 g/mol. The smallest absolute Gasteiger partial charge is 0.0654 e. The minimum absolute atomic E-state index is 1.37. The third kappa shape index (κ3) is 16.6. The van der Waals surface area contributed by atoms with Crippen molar-refractivity contribution in [3.05, 3.63) is 0 Å². The molecule has 0 rings (SSSR count). The Kier molecular flexibility index (Phi) is 17.2. The maximum atomic E-state index is 2.29. The van der Waals surface area contributed by atoms with Gasteiger partial charge in [0.2, 0.25) is 0 Å². The van der Waals surface area contributed by atoms with Gasteiger partial charge in [0.05, 0.1) is 0 Å². The fourth-order valence-corrected chi connectivity index (χ4v) is 2.44. The van der Waals surface area contributed by atoms with Gasteiger partial charge in [-0.15, -0.1) is 0 Å². The topological polar surface area (TPSA) is 0 Å². The van der Waals surface area contributed by atoms with Crippen LogP contribution < -0.4 is 0 Å². The second-order valence-corrected chi connectivity index (χ2v) is 5.60. The van der Waals surface area contributed by atoms with Gasteiger partial charge in [0, 0.05) is 0 Å². The zero-order valence-electron chi connectivity index (χ0n) is 12.6. The first-order valence-electron chi connectivity index (χ1n) is 8.41. The van der Waals surface area contributed by atoms with E-state index in [9.17, 15) is 0 Å². The van der Waals surface area contributed by atoms with Crippen molar-refractivity contribution in [2.75, 3.05) is 0 Å². The molecule has 0 N–H and O–H groups in total. The van der Waals surface area contributed by atoms with Crippen molar-refractivity contribution >= 4 is 17.7 Å². The van der Waals surface area contributed by atoms with E-state index in [-0.39, 0.29) is 0 Å². The Morgan fingerprint density at radius 2 is 0.765 bits per heavy atom. The molecule has 0 bridgehead atoms. The Balaban J connectivity index is 2.85. The zero-order valence-corrected chi connectivity index (χ0v) is 12.6. The molecule has 0 fully saturated rings. The van der Waals surface area contributed by atoms with Crippen LogP contribution in [-0.4, -0.2) is 17.7 Å². The molecule has 0 radical (unpaired) electrons. The zero-order chi connectivity index (χ0) is 12.6. The summed E-state index contributed by atoms with van der Waals surface area (Å²) in [5, 5.41) is 1.37. The van der Waals surface area contributed by atoms with Crippen LogP contribution in [0.15, 0.2) is 0 Å². The first-order chi connectivity index (χ1) is 8.41. The molecule has 0 unspecified atom stereocenters. The molecular weight excluding hydrogens is 199 g/mol. The van der Waals surface area contributed by atoms with E-state index in [0.717, 1.165) is 0 Å². The molecular formula is C16H33Li. The minimum Gasteiger partial charge on any atom is -0.0654 e. The van der Waals surface area contributed by atoms with Crippen molar-refractivity contribution < 1.29 is 0 Å². The maximum absolute atomic E-state index is 2.29. The summed E-state index contributed by atoms with van der Waals surface area (Å²) in [5.74, 6) is 0. The van der Waals surface area contributed by atoms with Gasteiger partial charge in [-0.25, -0.2) is 0 Å². The van der Waals surface area contributed by atoms with Crippen molar-refractivity contribution in [2.24, 2.45) is 0 Å². The van der Waals surface area contributed by atoms with Gasteiger partial charge in [0.15, 0.2) is 0 Å².